The number of hydrogen-bond acceptors (Lipinski definition) is 5. The zero-order valence-electron chi connectivity index (χ0n) is 30.2. The van der Waals surface area contributed by atoms with E-state index in [1.807, 2.05) is 91.0 Å². The highest BCUT2D eigenvalue weighted by Gasteiger charge is 2.38. The Labute approximate surface area is 317 Å². The Hall–Kier alpha value is -7.18. The molecule has 0 saturated heterocycles. The van der Waals surface area contributed by atoms with Crippen LogP contribution >= 0.6 is 0 Å². The van der Waals surface area contributed by atoms with Crippen LogP contribution in [0.2, 0.25) is 0 Å². The molecule has 0 unspecified atom stereocenters. The van der Waals surface area contributed by atoms with Gasteiger partial charge >= 0.3 is 0 Å². The highest BCUT2D eigenvalue weighted by atomic mass is 16.3. The lowest BCUT2D eigenvalue weighted by Gasteiger charge is -2.21. The molecule has 0 fully saturated rings. The van der Waals surface area contributed by atoms with Gasteiger partial charge in [-0.1, -0.05) is 123 Å². The minimum Gasteiger partial charge on any atom is -0.435 e. The summed E-state index contributed by atoms with van der Waals surface area (Å²) in [5, 5.41) is 2.29. The van der Waals surface area contributed by atoms with Crippen molar-refractivity contribution in [1.29, 1.82) is 0 Å². The Kier molecular flexibility index (Phi) is 6.79. The Bertz CT molecular complexity index is 3050. The van der Waals surface area contributed by atoms with Crippen LogP contribution in [0.15, 0.2) is 168 Å². The summed E-state index contributed by atoms with van der Waals surface area (Å²) < 4.78 is 8.98. The second kappa shape index (κ2) is 11.9. The van der Waals surface area contributed by atoms with Gasteiger partial charge in [-0.2, -0.15) is 0 Å². The molecule has 0 N–H and O–H groups in total. The van der Waals surface area contributed by atoms with Crippen LogP contribution in [0, 0.1) is 0 Å². The molecule has 6 nitrogen and oxygen atoms in total. The predicted molar refractivity (Wildman–Crippen MR) is 221 cm³/mol. The van der Waals surface area contributed by atoms with Crippen molar-refractivity contribution >= 4 is 32.9 Å². The molecule has 10 aromatic rings. The Morgan fingerprint density at radius 3 is 1.75 bits per heavy atom. The van der Waals surface area contributed by atoms with Crippen molar-refractivity contribution in [2.24, 2.45) is 0 Å². The molecule has 0 atom stereocenters. The van der Waals surface area contributed by atoms with Crippen molar-refractivity contribution in [3.63, 3.8) is 0 Å². The fraction of sp³-hybridized carbons (Fsp3) is 0.0612. The monoisotopic (exact) mass is 707 g/mol. The average molecular weight is 708 g/mol. The van der Waals surface area contributed by atoms with E-state index in [1.54, 1.807) is 0 Å². The molecule has 0 saturated carbocycles. The van der Waals surface area contributed by atoms with Gasteiger partial charge < -0.3 is 8.98 Å². The molecule has 3 aromatic heterocycles. The second-order valence-electron chi connectivity index (χ2n) is 14.7. The van der Waals surface area contributed by atoms with Gasteiger partial charge in [0.05, 0.1) is 11.0 Å². The number of aromatic nitrogens is 5. The summed E-state index contributed by atoms with van der Waals surface area (Å²) in [6.45, 7) is 4.60. The van der Waals surface area contributed by atoms with Crippen LogP contribution in [0.5, 0.6) is 0 Å². The van der Waals surface area contributed by atoms with Crippen LogP contribution in [-0.2, 0) is 5.41 Å². The van der Waals surface area contributed by atoms with E-state index in [2.05, 4.69) is 91.2 Å². The summed E-state index contributed by atoms with van der Waals surface area (Å²) in [6, 6.07) is 56.7. The number of benzene rings is 7. The first-order valence-electron chi connectivity index (χ1n) is 18.6. The first-order chi connectivity index (χ1) is 27.0. The molecule has 11 rings (SSSR count). The highest BCUT2D eigenvalue weighted by Crippen LogP contribution is 2.52. The van der Waals surface area contributed by atoms with E-state index in [1.165, 1.54) is 16.7 Å². The van der Waals surface area contributed by atoms with Crippen LogP contribution in [0.3, 0.4) is 0 Å². The molecule has 1 aliphatic carbocycles. The lowest BCUT2D eigenvalue weighted by atomic mass is 9.82. The molecular formula is C49H33N5O. The minimum absolute atomic E-state index is 0.200. The van der Waals surface area contributed by atoms with E-state index in [4.69, 9.17) is 24.4 Å². The van der Waals surface area contributed by atoms with Gasteiger partial charge in [0.1, 0.15) is 5.52 Å². The van der Waals surface area contributed by atoms with Gasteiger partial charge in [0.2, 0.25) is 5.89 Å². The maximum atomic E-state index is 6.61. The van der Waals surface area contributed by atoms with Gasteiger partial charge in [0, 0.05) is 49.7 Å². The quantitative estimate of drug-likeness (QED) is 0.178. The fourth-order valence-corrected chi connectivity index (χ4v) is 8.38. The first kappa shape index (κ1) is 31.4. The molecule has 3 heterocycles. The minimum atomic E-state index is -0.200. The van der Waals surface area contributed by atoms with Crippen LogP contribution in [0.25, 0.3) is 95.3 Å². The molecule has 7 aromatic carbocycles. The summed E-state index contributed by atoms with van der Waals surface area (Å²) in [7, 11) is 0. The molecule has 0 spiro atoms. The number of para-hydroxylation sites is 1. The molecule has 55 heavy (non-hydrogen) atoms. The van der Waals surface area contributed by atoms with Gasteiger partial charge in [0.15, 0.2) is 23.1 Å². The van der Waals surface area contributed by atoms with Gasteiger partial charge in [-0.15, -0.1) is 0 Å². The smallest absolute Gasteiger partial charge is 0.227 e. The lowest BCUT2D eigenvalue weighted by molar-refractivity contribution is 0.618. The van der Waals surface area contributed by atoms with Gasteiger partial charge in [0.25, 0.3) is 0 Å². The van der Waals surface area contributed by atoms with E-state index in [0.717, 1.165) is 66.4 Å². The zero-order chi connectivity index (χ0) is 36.7. The number of fused-ring (bicyclic) bond motifs is 8. The van der Waals surface area contributed by atoms with E-state index < -0.39 is 0 Å². The van der Waals surface area contributed by atoms with Crippen molar-refractivity contribution in [3.8, 4) is 62.4 Å². The second-order valence-corrected chi connectivity index (χ2v) is 14.7. The van der Waals surface area contributed by atoms with Crippen LogP contribution < -0.4 is 0 Å². The summed E-state index contributed by atoms with van der Waals surface area (Å²) in [4.78, 5) is 19.9. The molecule has 260 valence electrons. The summed E-state index contributed by atoms with van der Waals surface area (Å²) in [5.41, 5.74) is 13.4. The number of oxazole rings is 1. The van der Waals surface area contributed by atoms with Crippen molar-refractivity contribution < 1.29 is 4.42 Å². The molecule has 0 bridgehead atoms. The topological polar surface area (TPSA) is 69.6 Å². The summed E-state index contributed by atoms with van der Waals surface area (Å²) in [6.07, 6.45) is 0. The molecule has 6 heteroatoms. The van der Waals surface area contributed by atoms with E-state index in [-0.39, 0.29) is 5.41 Å². The Morgan fingerprint density at radius 2 is 1.05 bits per heavy atom. The normalized spacial score (nSPS) is 13.1. The van der Waals surface area contributed by atoms with Crippen LogP contribution in [0.4, 0.5) is 0 Å². The maximum Gasteiger partial charge on any atom is 0.227 e. The van der Waals surface area contributed by atoms with Crippen molar-refractivity contribution in [1.82, 2.24) is 24.5 Å². The third-order valence-corrected chi connectivity index (χ3v) is 11.1. The number of rotatable bonds is 5. The lowest BCUT2D eigenvalue weighted by Crippen LogP contribution is -2.14. The fourth-order valence-electron chi connectivity index (χ4n) is 8.38. The third kappa shape index (κ3) is 4.88. The van der Waals surface area contributed by atoms with E-state index >= 15 is 0 Å². The predicted octanol–water partition coefficient (Wildman–Crippen LogP) is 12.1. The summed E-state index contributed by atoms with van der Waals surface area (Å²) in [5.74, 6) is 2.55. The van der Waals surface area contributed by atoms with Crippen molar-refractivity contribution in [2.45, 2.75) is 19.3 Å². The number of hydrogen-bond donors (Lipinski definition) is 0. The largest absolute Gasteiger partial charge is 0.435 e. The molecule has 0 aliphatic heterocycles. The number of nitrogens with zero attached hydrogens (tertiary/aromatic N) is 5. The molecule has 1 aliphatic rings. The van der Waals surface area contributed by atoms with Gasteiger partial charge in [-0.05, 0) is 71.3 Å². The Morgan fingerprint density at radius 1 is 0.473 bits per heavy atom. The summed E-state index contributed by atoms with van der Waals surface area (Å²) >= 11 is 0. The van der Waals surface area contributed by atoms with E-state index in [0.29, 0.717) is 23.4 Å². The standard InChI is InChI=1S/C49H33N5O/c1-49(2)38-24-23-34(29-37(38)43-39(49)25-26-40-44(43)55-48(50-40)32-18-10-5-11-19-32)54-41-21-13-12-20-35(41)36-28-33(22-27-42(36)54)47-52-45(30-14-6-3-7-15-30)51-46(53-47)31-16-8-4-9-17-31/h3-29H,1-2H3. The molecule has 0 radical (unpaired) electrons. The Balaban J connectivity index is 1.09. The third-order valence-electron chi connectivity index (χ3n) is 11.1. The molecule has 0 amide bonds. The van der Waals surface area contributed by atoms with Crippen LogP contribution in [-0.4, -0.2) is 24.5 Å². The average Bonchev–Trinajstić information content (AvgIpc) is 3.90. The van der Waals surface area contributed by atoms with Crippen LogP contribution in [0.1, 0.15) is 25.0 Å². The van der Waals surface area contributed by atoms with Gasteiger partial charge in [-0.25, -0.2) is 19.9 Å². The SMILES string of the molecule is CC1(C)c2ccc(-n3c4ccccc4c4cc(-c5nc(-c6ccccc6)nc(-c6ccccc6)n5)ccc43)cc2-c2c1ccc1nc(-c3ccccc3)oc21. The van der Waals surface area contributed by atoms with Crippen molar-refractivity contribution in [3.05, 3.63) is 175 Å². The molecular weight excluding hydrogens is 675 g/mol. The van der Waals surface area contributed by atoms with Crippen molar-refractivity contribution in [2.75, 3.05) is 0 Å². The zero-order valence-corrected chi connectivity index (χ0v) is 30.2. The maximum absolute atomic E-state index is 6.61. The van der Waals surface area contributed by atoms with Gasteiger partial charge in [-0.3, -0.25) is 0 Å². The van der Waals surface area contributed by atoms with E-state index in [9.17, 15) is 0 Å². The first-order valence-corrected chi connectivity index (χ1v) is 18.6. The highest BCUT2D eigenvalue weighted by molar-refractivity contribution is 6.10.